The second kappa shape index (κ2) is 8.31. The van der Waals surface area contributed by atoms with Crippen molar-refractivity contribution in [1.29, 1.82) is 0 Å². The normalized spacial score (nSPS) is 11.2. The van der Waals surface area contributed by atoms with Gasteiger partial charge in [-0.2, -0.15) is 0 Å². The topological polar surface area (TPSA) is 12.9 Å². The third-order valence-electron chi connectivity index (χ3n) is 6.21. The Balaban J connectivity index is 1.78. The molecule has 0 spiro atoms. The van der Waals surface area contributed by atoms with Gasteiger partial charge in [0.2, 0.25) is 0 Å². The molecule has 0 saturated heterocycles. The van der Waals surface area contributed by atoms with Gasteiger partial charge in [-0.1, -0.05) is 103 Å². The molecule has 0 bridgehead atoms. The van der Waals surface area contributed by atoms with Crippen molar-refractivity contribution in [3.63, 3.8) is 0 Å². The van der Waals surface area contributed by atoms with Crippen LogP contribution in [0, 0.1) is 0 Å². The first-order valence-corrected chi connectivity index (χ1v) is 11.8. The SMILES string of the molecule is Brc1ccc(-c2c3ccccc3c(-c3ccccc3)c3cc(-c4ccccc4)ccc23)cn1. The molecule has 1 aromatic heterocycles. The van der Waals surface area contributed by atoms with Crippen LogP contribution in [0.4, 0.5) is 0 Å². The first kappa shape index (κ1) is 19.9. The van der Waals surface area contributed by atoms with Crippen LogP contribution in [0.5, 0.6) is 0 Å². The number of nitrogens with zero attached hydrogens (tertiary/aromatic N) is 1. The van der Waals surface area contributed by atoms with Crippen LogP contribution < -0.4 is 0 Å². The van der Waals surface area contributed by atoms with E-state index in [0.29, 0.717) is 0 Å². The largest absolute Gasteiger partial charge is 0.249 e. The van der Waals surface area contributed by atoms with Crippen molar-refractivity contribution < 1.29 is 0 Å². The Labute approximate surface area is 201 Å². The fourth-order valence-corrected chi connectivity index (χ4v) is 4.97. The third kappa shape index (κ3) is 3.53. The summed E-state index contributed by atoms with van der Waals surface area (Å²) < 4.78 is 0.840. The lowest BCUT2D eigenvalue weighted by Gasteiger charge is -2.18. The number of aromatic nitrogens is 1. The van der Waals surface area contributed by atoms with E-state index in [2.05, 4.69) is 130 Å². The molecule has 0 aliphatic carbocycles. The Hall–Kier alpha value is -3.75. The van der Waals surface area contributed by atoms with Gasteiger partial charge in [-0.15, -0.1) is 0 Å². The van der Waals surface area contributed by atoms with Crippen molar-refractivity contribution in [3.8, 4) is 33.4 Å². The monoisotopic (exact) mass is 485 g/mol. The molecule has 0 aliphatic rings. The number of benzene rings is 5. The van der Waals surface area contributed by atoms with E-state index in [9.17, 15) is 0 Å². The van der Waals surface area contributed by atoms with E-state index in [1.54, 1.807) is 0 Å². The molecule has 2 heteroatoms. The number of halogens is 1. The van der Waals surface area contributed by atoms with Gasteiger partial charge in [-0.05, 0) is 77.4 Å². The molecule has 6 rings (SSSR count). The molecule has 0 aliphatic heterocycles. The lowest BCUT2D eigenvalue weighted by Crippen LogP contribution is -1.92. The number of pyridine rings is 1. The molecule has 0 N–H and O–H groups in total. The fraction of sp³-hybridized carbons (Fsp3) is 0. The van der Waals surface area contributed by atoms with Gasteiger partial charge < -0.3 is 0 Å². The molecule has 5 aromatic carbocycles. The van der Waals surface area contributed by atoms with E-state index in [-0.39, 0.29) is 0 Å². The average Bonchev–Trinajstić information content (AvgIpc) is 2.88. The summed E-state index contributed by atoms with van der Waals surface area (Å²) in [5.41, 5.74) is 7.28. The zero-order valence-electron chi connectivity index (χ0n) is 17.9. The van der Waals surface area contributed by atoms with Crippen molar-refractivity contribution in [3.05, 3.63) is 126 Å². The van der Waals surface area contributed by atoms with Crippen molar-refractivity contribution in [1.82, 2.24) is 4.98 Å². The van der Waals surface area contributed by atoms with Crippen LogP contribution in [0.1, 0.15) is 0 Å². The van der Waals surface area contributed by atoms with Gasteiger partial charge >= 0.3 is 0 Å². The highest BCUT2D eigenvalue weighted by Gasteiger charge is 2.17. The maximum atomic E-state index is 4.53. The van der Waals surface area contributed by atoms with Crippen LogP contribution in [0.2, 0.25) is 0 Å². The van der Waals surface area contributed by atoms with Crippen molar-refractivity contribution >= 4 is 37.5 Å². The van der Waals surface area contributed by atoms with E-state index in [1.165, 1.54) is 49.4 Å². The number of hydrogen-bond donors (Lipinski definition) is 0. The summed E-state index contributed by atoms with van der Waals surface area (Å²) in [6.45, 7) is 0. The summed E-state index contributed by atoms with van der Waals surface area (Å²) in [5, 5.41) is 4.97. The van der Waals surface area contributed by atoms with Crippen LogP contribution in [0.15, 0.2) is 126 Å². The summed E-state index contributed by atoms with van der Waals surface area (Å²) in [6.07, 6.45) is 1.96. The lowest BCUT2D eigenvalue weighted by molar-refractivity contribution is 1.28. The quantitative estimate of drug-likeness (QED) is 0.180. The third-order valence-corrected chi connectivity index (χ3v) is 6.68. The molecule has 0 radical (unpaired) electrons. The summed E-state index contributed by atoms with van der Waals surface area (Å²) in [4.78, 5) is 4.53. The molecule has 0 amide bonds. The van der Waals surface area contributed by atoms with E-state index in [0.717, 1.165) is 10.2 Å². The Morgan fingerprint density at radius 2 is 0.970 bits per heavy atom. The Morgan fingerprint density at radius 1 is 0.424 bits per heavy atom. The fourth-order valence-electron chi connectivity index (χ4n) is 4.74. The molecule has 0 fully saturated rings. The first-order chi connectivity index (χ1) is 16.3. The molecule has 0 unspecified atom stereocenters. The zero-order valence-corrected chi connectivity index (χ0v) is 19.5. The maximum Gasteiger partial charge on any atom is 0.106 e. The molecule has 0 atom stereocenters. The zero-order chi connectivity index (χ0) is 22.2. The molecule has 0 saturated carbocycles. The summed E-state index contributed by atoms with van der Waals surface area (Å²) in [5.74, 6) is 0. The van der Waals surface area contributed by atoms with Gasteiger partial charge in [0.15, 0.2) is 0 Å². The molecule has 1 heterocycles. The molecule has 1 nitrogen and oxygen atoms in total. The van der Waals surface area contributed by atoms with Crippen molar-refractivity contribution in [2.24, 2.45) is 0 Å². The van der Waals surface area contributed by atoms with Crippen molar-refractivity contribution in [2.75, 3.05) is 0 Å². The van der Waals surface area contributed by atoms with Crippen LogP contribution in [-0.2, 0) is 0 Å². The molecule has 6 aromatic rings. The van der Waals surface area contributed by atoms with Gasteiger partial charge in [0.25, 0.3) is 0 Å². The second-order valence-electron chi connectivity index (χ2n) is 8.16. The molecule has 156 valence electrons. The Morgan fingerprint density at radius 3 is 1.61 bits per heavy atom. The lowest BCUT2D eigenvalue weighted by atomic mass is 9.85. The highest BCUT2D eigenvalue weighted by Crippen LogP contribution is 2.44. The van der Waals surface area contributed by atoms with Crippen LogP contribution in [-0.4, -0.2) is 4.98 Å². The standard InChI is InChI=1S/C31H20BrN/c32-29-18-16-24(20-33-29)31-26-14-8-7-13-25(26)30(22-11-5-2-6-12-22)28-19-23(15-17-27(28)31)21-9-3-1-4-10-21/h1-20H. The Kier molecular flexibility index (Phi) is 5.01. The summed E-state index contributed by atoms with van der Waals surface area (Å²) >= 11 is 3.48. The maximum absolute atomic E-state index is 4.53. The molecular weight excluding hydrogens is 466 g/mol. The summed E-state index contributed by atoms with van der Waals surface area (Å²) in [7, 11) is 0. The van der Waals surface area contributed by atoms with Gasteiger partial charge in [-0.3, -0.25) is 0 Å². The Bertz CT molecular complexity index is 1590. The highest BCUT2D eigenvalue weighted by atomic mass is 79.9. The number of hydrogen-bond acceptors (Lipinski definition) is 1. The minimum absolute atomic E-state index is 0.840. The molecule has 33 heavy (non-hydrogen) atoms. The smallest absolute Gasteiger partial charge is 0.106 e. The average molecular weight is 486 g/mol. The second-order valence-corrected chi connectivity index (χ2v) is 8.97. The predicted octanol–water partition coefficient (Wildman–Crippen LogP) is 9.15. The first-order valence-electron chi connectivity index (χ1n) is 11.0. The van der Waals surface area contributed by atoms with Crippen LogP contribution in [0.25, 0.3) is 54.9 Å². The van der Waals surface area contributed by atoms with E-state index in [1.807, 2.05) is 12.3 Å². The van der Waals surface area contributed by atoms with Crippen molar-refractivity contribution in [2.45, 2.75) is 0 Å². The van der Waals surface area contributed by atoms with Gasteiger partial charge in [0.1, 0.15) is 4.60 Å². The highest BCUT2D eigenvalue weighted by molar-refractivity contribution is 9.10. The number of fused-ring (bicyclic) bond motifs is 2. The van der Waals surface area contributed by atoms with Gasteiger partial charge in [-0.25, -0.2) is 4.98 Å². The van der Waals surface area contributed by atoms with Gasteiger partial charge in [0.05, 0.1) is 0 Å². The minimum Gasteiger partial charge on any atom is -0.249 e. The van der Waals surface area contributed by atoms with Crippen LogP contribution in [0.3, 0.4) is 0 Å². The van der Waals surface area contributed by atoms with E-state index < -0.39 is 0 Å². The summed E-state index contributed by atoms with van der Waals surface area (Å²) in [6, 6.07) is 41.0. The number of rotatable bonds is 3. The minimum atomic E-state index is 0.840. The van der Waals surface area contributed by atoms with Crippen LogP contribution >= 0.6 is 15.9 Å². The van der Waals surface area contributed by atoms with Gasteiger partial charge in [0, 0.05) is 11.8 Å². The van der Waals surface area contributed by atoms with E-state index >= 15 is 0 Å². The molecular formula is C31H20BrN. The predicted molar refractivity (Wildman–Crippen MR) is 143 cm³/mol. The van der Waals surface area contributed by atoms with E-state index in [4.69, 9.17) is 0 Å².